The number of nitro groups is 1. The van der Waals surface area contributed by atoms with Crippen LogP contribution < -0.4 is 10.5 Å². The van der Waals surface area contributed by atoms with E-state index in [9.17, 15) is 19.3 Å². The molecule has 1 aromatic carbocycles. The molecule has 1 aromatic heterocycles. The molecular weight excluding hydrogens is 345 g/mol. The molecule has 0 aliphatic heterocycles. The maximum atomic E-state index is 14.3. The van der Waals surface area contributed by atoms with E-state index in [2.05, 4.69) is 4.98 Å². The van der Waals surface area contributed by atoms with Crippen molar-refractivity contribution in [2.24, 2.45) is 0 Å². The number of aromatic nitrogens is 1. The third kappa shape index (κ3) is 4.88. The van der Waals surface area contributed by atoms with Gasteiger partial charge in [0.05, 0.1) is 11.3 Å². The van der Waals surface area contributed by atoms with Crippen LogP contribution >= 0.6 is 0 Å². The minimum atomic E-state index is -0.782. The molecule has 9 heteroatoms. The second kappa shape index (κ2) is 7.34. The van der Waals surface area contributed by atoms with Gasteiger partial charge in [-0.25, -0.2) is 9.37 Å². The van der Waals surface area contributed by atoms with Crippen LogP contribution in [0.25, 0.3) is 0 Å². The highest BCUT2D eigenvalue weighted by Gasteiger charge is 2.22. The van der Waals surface area contributed by atoms with Crippen LogP contribution in [-0.4, -0.2) is 21.5 Å². The van der Waals surface area contributed by atoms with Gasteiger partial charge in [0.15, 0.2) is 11.6 Å². The van der Waals surface area contributed by atoms with Gasteiger partial charge in [0.2, 0.25) is 11.6 Å². The number of esters is 1. The number of benzene rings is 1. The van der Waals surface area contributed by atoms with Crippen molar-refractivity contribution < 1.29 is 23.6 Å². The van der Waals surface area contributed by atoms with Gasteiger partial charge in [0, 0.05) is 12.3 Å². The Morgan fingerprint density at radius 2 is 2.00 bits per heavy atom. The molecule has 0 amide bonds. The first-order chi connectivity index (χ1) is 12.1. The minimum absolute atomic E-state index is 0.114. The number of pyridine rings is 1. The SMILES string of the molecule is CC(C)(C)OC(=O)Cc1ccc(Oc2ccnc(N)c2[N+](=O)[O-])c(F)c1. The number of carbonyl (C=O) groups is 1. The van der Waals surface area contributed by atoms with Crippen molar-refractivity contribution in [3.8, 4) is 11.5 Å². The lowest BCUT2D eigenvalue weighted by Crippen LogP contribution is -2.24. The predicted molar refractivity (Wildman–Crippen MR) is 91.3 cm³/mol. The van der Waals surface area contributed by atoms with Gasteiger partial charge in [-0.2, -0.15) is 0 Å². The molecule has 0 fully saturated rings. The van der Waals surface area contributed by atoms with Gasteiger partial charge in [-0.3, -0.25) is 14.9 Å². The van der Waals surface area contributed by atoms with Gasteiger partial charge in [-0.05, 0) is 38.5 Å². The van der Waals surface area contributed by atoms with Crippen LogP contribution in [-0.2, 0) is 16.0 Å². The molecular formula is C17H18FN3O5. The number of nitrogens with zero attached hydrogens (tertiary/aromatic N) is 2. The van der Waals surface area contributed by atoms with Gasteiger partial charge >= 0.3 is 11.7 Å². The summed E-state index contributed by atoms with van der Waals surface area (Å²) in [5, 5.41) is 11.1. The Labute approximate surface area is 148 Å². The Kier molecular flexibility index (Phi) is 5.39. The Morgan fingerprint density at radius 1 is 1.31 bits per heavy atom. The van der Waals surface area contributed by atoms with E-state index >= 15 is 0 Å². The fourth-order valence-electron chi connectivity index (χ4n) is 2.12. The highest BCUT2D eigenvalue weighted by Crippen LogP contribution is 2.35. The number of ether oxygens (including phenoxy) is 2. The van der Waals surface area contributed by atoms with Gasteiger partial charge in [-0.15, -0.1) is 0 Å². The number of hydrogen-bond acceptors (Lipinski definition) is 7. The fourth-order valence-corrected chi connectivity index (χ4v) is 2.12. The van der Waals surface area contributed by atoms with Gasteiger partial charge in [0.25, 0.3) is 0 Å². The zero-order valence-corrected chi connectivity index (χ0v) is 14.5. The first kappa shape index (κ1) is 19.1. The van der Waals surface area contributed by atoms with E-state index in [0.717, 1.165) is 6.07 Å². The number of carbonyl (C=O) groups excluding carboxylic acids is 1. The Balaban J connectivity index is 2.20. The van der Waals surface area contributed by atoms with Crippen LogP contribution in [0.2, 0.25) is 0 Å². The number of nitrogen functional groups attached to an aromatic ring is 1. The lowest BCUT2D eigenvalue weighted by Gasteiger charge is -2.19. The maximum Gasteiger partial charge on any atom is 0.353 e. The average Bonchev–Trinajstić information content (AvgIpc) is 2.47. The van der Waals surface area contributed by atoms with E-state index in [-0.39, 0.29) is 23.7 Å². The molecule has 2 aromatic rings. The van der Waals surface area contributed by atoms with Crippen LogP contribution in [0.4, 0.5) is 15.9 Å². The molecule has 0 atom stereocenters. The Bertz CT molecular complexity index is 849. The lowest BCUT2D eigenvalue weighted by molar-refractivity contribution is -0.384. The van der Waals surface area contributed by atoms with Crippen LogP contribution in [0.5, 0.6) is 11.5 Å². The first-order valence-electron chi connectivity index (χ1n) is 7.64. The Morgan fingerprint density at radius 3 is 2.58 bits per heavy atom. The molecule has 0 saturated heterocycles. The standard InChI is InChI=1S/C17H18FN3O5/c1-17(2,3)26-14(22)9-10-4-5-12(11(18)8-10)25-13-6-7-20-16(19)15(13)21(23)24/h4-8H,9H2,1-3H3,(H2,19,20). The first-order valence-corrected chi connectivity index (χ1v) is 7.64. The number of halogens is 1. The van der Waals surface area contributed by atoms with Crippen molar-refractivity contribution in [2.45, 2.75) is 32.8 Å². The molecule has 2 rings (SSSR count). The molecule has 0 radical (unpaired) electrons. The third-order valence-corrected chi connectivity index (χ3v) is 3.08. The number of nitrogens with two attached hydrogens (primary N) is 1. The summed E-state index contributed by atoms with van der Waals surface area (Å²) in [6.45, 7) is 5.20. The predicted octanol–water partition coefficient (Wildman–Crippen LogP) is 3.39. The molecule has 0 aliphatic rings. The minimum Gasteiger partial charge on any atom is -0.460 e. The summed E-state index contributed by atoms with van der Waals surface area (Å²) in [4.78, 5) is 25.7. The fraction of sp³-hybridized carbons (Fsp3) is 0.294. The van der Waals surface area contributed by atoms with Crippen LogP contribution in [0.15, 0.2) is 30.5 Å². The lowest BCUT2D eigenvalue weighted by atomic mass is 10.1. The van der Waals surface area contributed by atoms with Gasteiger partial charge in [-0.1, -0.05) is 6.07 Å². The molecule has 0 spiro atoms. The number of rotatable bonds is 5. The zero-order chi connectivity index (χ0) is 19.5. The monoisotopic (exact) mass is 363 g/mol. The van der Waals surface area contributed by atoms with Crippen molar-refractivity contribution in [1.82, 2.24) is 4.98 Å². The van der Waals surface area contributed by atoms with E-state index in [1.807, 2.05) is 0 Å². The molecule has 1 heterocycles. The summed E-state index contributed by atoms with van der Waals surface area (Å²) >= 11 is 0. The summed E-state index contributed by atoms with van der Waals surface area (Å²) in [5.74, 6) is -2.10. The van der Waals surface area contributed by atoms with Crippen LogP contribution in [0.1, 0.15) is 26.3 Å². The molecule has 0 bridgehead atoms. The number of hydrogen-bond donors (Lipinski definition) is 1. The van der Waals surface area contributed by atoms with Crippen LogP contribution in [0.3, 0.4) is 0 Å². The smallest absolute Gasteiger partial charge is 0.353 e. The molecule has 0 saturated carbocycles. The third-order valence-electron chi connectivity index (χ3n) is 3.08. The maximum absolute atomic E-state index is 14.3. The largest absolute Gasteiger partial charge is 0.460 e. The van der Waals surface area contributed by atoms with E-state index in [4.69, 9.17) is 15.2 Å². The molecule has 8 nitrogen and oxygen atoms in total. The van der Waals surface area contributed by atoms with Crippen molar-refractivity contribution in [2.75, 3.05) is 5.73 Å². The highest BCUT2D eigenvalue weighted by molar-refractivity contribution is 5.73. The molecule has 0 aliphatic carbocycles. The average molecular weight is 363 g/mol. The molecule has 0 unspecified atom stereocenters. The summed E-state index contributed by atoms with van der Waals surface area (Å²) in [6.07, 6.45) is 1.10. The number of anilines is 1. The summed E-state index contributed by atoms with van der Waals surface area (Å²) in [7, 11) is 0. The second-order valence-electron chi connectivity index (χ2n) is 6.43. The summed E-state index contributed by atoms with van der Waals surface area (Å²) in [6, 6.07) is 5.06. The summed E-state index contributed by atoms with van der Waals surface area (Å²) < 4.78 is 24.7. The van der Waals surface area contributed by atoms with Crippen molar-refractivity contribution >= 4 is 17.5 Å². The van der Waals surface area contributed by atoms with E-state index in [1.165, 1.54) is 24.4 Å². The quantitative estimate of drug-likeness (QED) is 0.491. The van der Waals surface area contributed by atoms with Gasteiger partial charge in [0.1, 0.15) is 5.60 Å². The molecule has 2 N–H and O–H groups in total. The summed E-state index contributed by atoms with van der Waals surface area (Å²) in [5.41, 5.74) is 4.66. The van der Waals surface area contributed by atoms with Crippen LogP contribution in [0, 0.1) is 15.9 Å². The Hall–Kier alpha value is -3.23. The van der Waals surface area contributed by atoms with Crippen molar-refractivity contribution in [3.05, 3.63) is 52.0 Å². The van der Waals surface area contributed by atoms with Crippen molar-refractivity contribution in [3.63, 3.8) is 0 Å². The normalized spacial score (nSPS) is 11.1. The van der Waals surface area contributed by atoms with Gasteiger partial charge < -0.3 is 15.2 Å². The van der Waals surface area contributed by atoms with Crippen molar-refractivity contribution in [1.29, 1.82) is 0 Å². The molecule has 138 valence electrons. The topological polar surface area (TPSA) is 118 Å². The van der Waals surface area contributed by atoms with E-state index in [0.29, 0.717) is 5.56 Å². The van der Waals surface area contributed by atoms with E-state index < -0.39 is 28.0 Å². The molecule has 26 heavy (non-hydrogen) atoms. The van der Waals surface area contributed by atoms with E-state index in [1.54, 1.807) is 20.8 Å². The second-order valence-corrected chi connectivity index (χ2v) is 6.43. The zero-order valence-electron chi connectivity index (χ0n) is 14.5. The highest BCUT2D eigenvalue weighted by atomic mass is 19.1.